The van der Waals surface area contributed by atoms with Crippen molar-refractivity contribution in [1.29, 1.82) is 0 Å². The van der Waals surface area contributed by atoms with Crippen LogP contribution in [-0.2, 0) is 4.79 Å². The fraction of sp³-hybridized carbons (Fsp3) is 0.263. The first-order chi connectivity index (χ1) is 12.3. The van der Waals surface area contributed by atoms with Crippen molar-refractivity contribution in [3.8, 4) is 23.2 Å². The highest BCUT2D eigenvalue weighted by Crippen LogP contribution is 2.21. The molecule has 0 aliphatic carbocycles. The van der Waals surface area contributed by atoms with Gasteiger partial charge in [0.2, 0.25) is 5.60 Å². The SMILES string of the molecule is Cc1cnc(-c2cccc(C#CC3(O)CCN(C)C3=O)c2)nc1C(N)=O. The van der Waals surface area contributed by atoms with Gasteiger partial charge in [0.15, 0.2) is 5.82 Å². The molecule has 2 aromatic rings. The summed E-state index contributed by atoms with van der Waals surface area (Å²) in [5, 5.41) is 10.4. The van der Waals surface area contributed by atoms with Gasteiger partial charge >= 0.3 is 0 Å². The van der Waals surface area contributed by atoms with Crippen molar-refractivity contribution in [1.82, 2.24) is 14.9 Å². The van der Waals surface area contributed by atoms with Crippen LogP contribution < -0.4 is 5.73 Å². The topological polar surface area (TPSA) is 109 Å². The summed E-state index contributed by atoms with van der Waals surface area (Å²) in [4.78, 5) is 33.3. The molecule has 0 radical (unpaired) electrons. The molecule has 0 bridgehead atoms. The summed E-state index contributed by atoms with van der Waals surface area (Å²) in [5.41, 5.74) is 5.71. The molecule has 2 amide bonds. The lowest BCUT2D eigenvalue weighted by Gasteiger charge is -2.13. The van der Waals surface area contributed by atoms with Crippen LogP contribution in [0.25, 0.3) is 11.4 Å². The number of benzene rings is 1. The molecule has 1 aromatic heterocycles. The molecule has 0 spiro atoms. The van der Waals surface area contributed by atoms with Crippen LogP contribution >= 0.6 is 0 Å². The number of primary amides is 1. The number of carbonyl (C=O) groups is 2. The van der Waals surface area contributed by atoms with E-state index < -0.39 is 17.4 Å². The van der Waals surface area contributed by atoms with Gasteiger partial charge in [0.1, 0.15) is 5.69 Å². The molecule has 3 rings (SSSR count). The fourth-order valence-corrected chi connectivity index (χ4v) is 2.71. The summed E-state index contributed by atoms with van der Waals surface area (Å²) in [7, 11) is 1.63. The molecule has 1 unspecified atom stereocenters. The van der Waals surface area contributed by atoms with Gasteiger partial charge in [-0.3, -0.25) is 9.59 Å². The molecule has 2 heterocycles. The van der Waals surface area contributed by atoms with Gasteiger partial charge < -0.3 is 15.7 Å². The number of aryl methyl sites for hydroxylation is 1. The molecule has 1 saturated heterocycles. The summed E-state index contributed by atoms with van der Waals surface area (Å²) in [6.07, 6.45) is 1.81. The number of hydrogen-bond donors (Lipinski definition) is 2. The Bertz CT molecular complexity index is 961. The van der Waals surface area contributed by atoms with Crippen molar-refractivity contribution in [3.63, 3.8) is 0 Å². The number of amides is 2. The van der Waals surface area contributed by atoms with Gasteiger partial charge in [-0.2, -0.15) is 0 Å². The van der Waals surface area contributed by atoms with Gasteiger partial charge in [0, 0.05) is 37.3 Å². The standard InChI is InChI=1S/C19H18N4O3/c1-12-11-21-17(22-15(12)16(20)24)14-5-3-4-13(10-14)6-7-19(26)8-9-23(2)18(19)25/h3-5,10-11,26H,8-9H2,1-2H3,(H2,20,24). The zero-order valence-electron chi connectivity index (χ0n) is 14.5. The maximum absolute atomic E-state index is 12.0. The Hall–Kier alpha value is -3.24. The third-order valence-corrected chi connectivity index (χ3v) is 4.25. The highest BCUT2D eigenvalue weighted by atomic mass is 16.3. The number of hydrogen-bond acceptors (Lipinski definition) is 5. The minimum atomic E-state index is -1.65. The second-order valence-corrected chi connectivity index (χ2v) is 6.26. The quantitative estimate of drug-likeness (QED) is 0.767. The van der Waals surface area contributed by atoms with Crippen LogP contribution in [0.4, 0.5) is 0 Å². The number of likely N-dealkylation sites (tertiary alicyclic amines) is 1. The first-order valence-electron chi connectivity index (χ1n) is 8.05. The molecule has 1 aromatic carbocycles. The summed E-state index contributed by atoms with van der Waals surface area (Å²) in [5.74, 6) is 4.85. The van der Waals surface area contributed by atoms with Crippen molar-refractivity contribution < 1.29 is 14.7 Å². The van der Waals surface area contributed by atoms with Crippen LogP contribution in [0.15, 0.2) is 30.5 Å². The Kier molecular flexibility index (Phi) is 4.45. The molecule has 1 aliphatic heterocycles. The van der Waals surface area contributed by atoms with Crippen LogP contribution in [0.2, 0.25) is 0 Å². The molecule has 26 heavy (non-hydrogen) atoms. The van der Waals surface area contributed by atoms with E-state index in [-0.39, 0.29) is 12.1 Å². The minimum Gasteiger partial charge on any atom is -0.369 e. The van der Waals surface area contributed by atoms with E-state index in [0.29, 0.717) is 29.1 Å². The predicted octanol–water partition coefficient (Wildman–Crippen LogP) is 0.496. The van der Waals surface area contributed by atoms with Gasteiger partial charge in [-0.15, -0.1) is 0 Å². The van der Waals surface area contributed by atoms with Crippen molar-refractivity contribution >= 4 is 11.8 Å². The average molecular weight is 350 g/mol. The minimum absolute atomic E-state index is 0.167. The molecular formula is C19H18N4O3. The largest absolute Gasteiger partial charge is 0.369 e. The Morgan fingerprint density at radius 1 is 1.42 bits per heavy atom. The predicted molar refractivity (Wildman–Crippen MR) is 94.8 cm³/mol. The number of aromatic nitrogens is 2. The molecule has 7 nitrogen and oxygen atoms in total. The summed E-state index contributed by atoms with van der Waals surface area (Å²) in [6, 6.07) is 7.03. The lowest BCUT2D eigenvalue weighted by atomic mass is 10.0. The van der Waals surface area contributed by atoms with Crippen LogP contribution in [-0.4, -0.2) is 51.0 Å². The Morgan fingerprint density at radius 2 is 2.19 bits per heavy atom. The smallest absolute Gasteiger partial charge is 0.267 e. The maximum Gasteiger partial charge on any atom is 0.267 e. The van der Waals surface area contributed by atoms with Crippen LogP contribution in [0.3, 0.4) is 0 Å². The van der Waals surface area contributed by atoms with Gasteiger partial charge in [0.25, 0.3) is 11.8 Å². The van der Waals surface area contributed by atoms with E-state index >= 15 is 0 Å². The van der Waals surface area contributed by atoms with Crippen LogP contribution in [0, 0.1) is 18.8 Å². The highest BCUT2D eigenvalue weighted by molar-refractivity contribution is 5.92. The van der Waals surface area contributed by atoms with Crippen molar-refractivity contribution in [2.75, 3.05) is 13.6 Å². The zero-order valence-corrected chi connectivity index (χ0v) is 14.5. The zero-order chi connectivity index (χ0) is 18.9. The van der Waals surface area contributed by atoms with Gasteiger partial charge in [-0.05, 0) is 24.6 Å². The average Bonchev–Trinajstić information content (AvgIpc) is 2.88. The van der Waals surface area contributed by atoms with Crippen LogP contribution in [0.5, 0.6) is 0 Å². The number of rotatable bonds is 2. The Morgan fingerprint density at radius 3 is 2.85 bits per heavy atom. The van der Waals surface area contributed by atoms with E-state index in [9.17, 15) is 14.7 Å². The third kappa shape index (κ3) is 3.27. The van der Waals surface area contributed by atoms with E-state index in [1.165, 1.54) is 11.1 Å². The number of aliphatic hydroxyl groups is 1. The first kappa shape index (κ1) is 17.6. The molecule has 3 N–H and O–H groups in total. The molecule has 132 valence electrons. The normalized spacial score (nSPS) is 19.2. The highest BCUT2D eigenvalue weighted by Gasteiger charge is 2.42. The fourth-order valence-electron chi connectivity index (χ4n) is 2.71. The summed E-state index contributed by atoms with van der Waals surface area (Å²) < 4.78 is 0. The number of likely N-dealkylation sites (N-methyl/N-ethyl adjacent to an activating group) is 1. The molecule has 1 atom stereocenters. The number of carbonyl (C=O) groups excluding carboxylic acids is 2. The molecule has 1 aliphatic rings. The van der Waals surface area contributed by atoms with E-state index in [1.54, 1.807) is 38.2 Å². The van der Waals surface area contributed by atoms with Crippen LogP contribution in [0.1, 0.15) is 28.0 Å². The third-order valence-electron chi connectivity index (χ3n) is 4.25. The summed E-state index contributed by atoms with van der Waals surface area (Å²) in [6.45, 7) is 2.18. The van der Waals surface area contributed by atoms with Gasteiger partial charge in [-0.1, -0.05) is 24.0 Å². The summed E-state index contributed by atoms with van der Waals surface area (Å²) >= 11 is 0. The molecule has 7 heteroatoms. The molecule has 0 saturated carbocycles. The van der Waals surface area contributed by atoms with Crippen molar-refractivity contribution in [3.05, 3.63) is 47.3 Å². The first-order valence-corrected chi connectivity index (χ1v) is 8.05. The van der Waals surface area contributed by atoms with E-state index in [2.05, 4.69) is 21.8 Å². The van der Waals surface area contributed by atoms with Crippen molar-refractivity contribution in [2.45, 2.75) is 18.9 Å². The molecule has 1 fully saturated rings. The number of nitrogens with zero attached hydrogens (tertiary/aromatic N) is 3. The van der Waals surface area contributed by atoms with E-state index in [4.69, 9.17) is 5.73 Å². The Balaban J connectivity index is 1.93. The second-order valence-electron chi connectivity index (χ2n) is 6.26. The van der Waals surface area contributed by atoms with Gasteiger partial charge in [-0.25, -0.2) is 9.97 Å². The maximum atomic E-state index is 12.0. The van der Waals surface area contributed by atoms with Gasteiger partial charge in [0.05, 0.1) is 0 Å². The second kappa shape index (κ2) is 6.58. The number of nitrogens with two attached hydrogens (primary N) is 1. The van der Waals surface area contributed by atoms with Crippen molar-refractivity contribution in [2.24, 2.45) is 5.73 Å². The Labute approximate surface area is 150 Å². The molecular weight excluding hydrogens is 332 g/mol. The monoisotopic (exact) mass is 350 g/mol. The van der Waals surface area contributed by atoms with E-state index in [1.807, 2.05) is 0 Å². The lowest BCUT2D eigenvalue weighted by molar-refractivity contribution is -0.137. The van der Waals surface area contributed by atoms with E-state index in [0.717, 1.165) is 0 Å². The lowest BCUT2D eigenvalue weighted by Crippen LogP contribution is -2.37.